The van der Waals surface area contributed by atoms with E-state index in [1.807, 2.05) is 32.5 Å². The maximum Gasteiger partial charge on any atom is 0.219 e. The summed E-state index contributed by atoms with van der Waals surface area (Å²) in [5, 5.41) is 0.347. The Morgan fingerprint density at radius 3 is 2.67 bits per heavy atom. The number of hydrogen-bond donors (Lipinski definition) is 0. The second-order valence-electron chi connectivity index (χ2n) is 6.16. The first-order valence-corrected chi connectivity index (χ1v) is 9.71. The van der Waals surface area contributed by atoms with Gasteiger partial charge in [0.1, 0.15) is 5.52 Å². The fraction of sp³-hybridized carbons (Fsp3) is 1.00. The lowest BCUT2D eigenvalue weighted by molar-refractivity contribution is 0.0203. The third-order valence-corrected chi connectivity index (χ3v) is 8.81. The van der Waals surface area contributed by atoms with Crippen LogP contribution in [0.4, 0.5) is 0 Å². The molecule has 0 radical (unpaired) electrons. The lowest BCUT2D eigenvalue weighted by Gasteiger charge is -2.37. The molecule has 5 unspecified atom stereocenters. The Hall–Kier alpha value is 0.700. The first kappa shape index (κ1) is 13.7. The van der Waals surface area contributed by atoms with Crippen molar-refractivity contribution < 1.29 is 13.2 Å². The van der Waals surface area contributed by atoms with Gasteiger partial charge in [0.15, 0.2) is 0 Å². The van der Waals surface area contributed by atoms with E-state index in [0.717, 1.165) is 6.42 Å². The van der Waals surface area contributed by atoms with E-state index in [1.54, 1.807) is 4.31 Å². The molecule has 3 fully saturated rings. The van der Waals surface area contributed by atoms with Crippen molar-refractivity contribution in [2.45, 2.75) is 60.6 Å². The van der Waals surface area contributed by atoms with E-state index >= 15 is 0 Å². The van der Waals surface area contributed by atoms with Gasteiger partial charge in [-0.3, -0.25) is 0 Å². The molecule has 3 aliphatic heterocycles. The van der Waals surface area contributed by atoms with Crippen molar-refractivity contribution in [2.24, 2.45) is 0 Å². The molecule has 104 valence electrons. The van der Waals surface area contributed by atoms with Crippen molar-refractivity contribution in [3.63, 3.8) is 0 Å². The Morgan fingerprint density at radius 1 is 1.44 bits per heavy atom. The Labute approximate surface area is 121 Å². The minimum Gasteiger partial charge on any atom is -0.364 e. The molecule has 0 saturated carbocycles. The van der Waals surface area contributed by atoms with Crippen LogP contribution in [0.1, 0.15) is 27.2 Å². The van der Waals surface area contributed by atoms with Gasteiger partial charge in [-0.1, -0.05) is 15.9 Å². The highest BCUT2D eigenvalue weighted by Gasteiger charge is 2.69. The zero-order chi connectivity index (χ0) is 13.3. The van der Waals surface area contributed by atoms with Crippen LogP contribution >= 0.6 is 27.7 Å². The number of fused-ring (bicyclic) bond motifs is 1. The van der Waals surface area contributed by atoms with Gasteiger partial charge in [0.25, 0.3) is 0 Å². The highest BCUT2D eigenvalue weighted by molar-refractivity contribution is 9.09. The number of alkyl halides is 1. The fourth-order valence-corrected chi connectivity index (χ4v) is 9.16. The molecule has 0 aromatic carbocycles. The normalized spacial score (nSPS) is 45.9. The smallest absolute Gasteiger partial charge is 0.219 e. The van der Waals surface area contributed by atoms with Gasteiger partial charge in [-0.15, -0.1) is 11.8 Å². The molecule has 3 rings (SSSR count). The summed E-state index contributed by atoms with van der Waals surface area (Å²) in [6.45, 7) is 5.91. The predicted molar refractivity (Wildman–Crippen MR) is 76.5 cm³/mol. The summed E-state index contributed by atoms with van der Waals surface area (Å²) in [5.74, 6) is 0. The first-order chi connectivity index (χ1) is 8.28. The number of nitrogens with zero attached hydrogens (tertiary/aromatic N) is 1. The molecule has 3 saturated heterocycles. The Balaban J connectivity index is 2.05. The van der Waals surface area contributed by atoms with Crippen LogP contribution in [0.5, 0.6) is 0 Å². The summed E-state index contributed by atoms with van der Waals surface area (Å²) >= 11 is 5.11. The third-order valence-electron chi connectivity index (χ3n) is 4.05. The van der Waals surface area contributed by atoms with E-state index < -0.39 is 10.0 Å². The molecule has 18 heavy (non-hydrogen) atoms. The minimum absolute atomic E-state index is 0.0151. The zero-order valence-corrected chi connectivity index (χ0v) is 13.9. The minimum atomic E-state index is -3.16. The summed E-state index contributed by atoms with van der Waals surface area (Å²) in [4.78, 5) is 0. The lowest BCUT2D eigenvalue weighted by atomic mass is 9.90. The van der Waals surface area contributed by atoms with Crippen molar-refractivity contribution in [2.75, 3.05) is 5.52 Å². The van der Waals surface area contributed by atoms with Gasteiger partial charge in [-0.2, -0.15) is 4.31 Å². The van der Waals surface area contributed by atoms with Crippen LogP contribution in [-0.4, -0.2) is 51.7 Å². The highest BCUT2D eigenvalue weighted by atomic mass is 79.9. The standard InChI is InChI=1S/C11H18BrNO3S2/c1-11(2,3)13-8-9(16-5-12)6-4-7(10(8)17-6)18(13,14)15/h6-10H,4-5H2,1-3H3. The van der Waals surface area contributed by atoms with Crippen LogP contribution in [0.2, 0.25) is 0 Å². The Kier molecular flexibility index (Phi) is 3.11. The van der Waals surface area contributed by atoms with Crippen LogP contribution in [0.15, 0.2) is 0 Å². The molecule has 0 aliphatic carbocycles. The average molecular weight is 356 g/mol. The van der Waals surface area contributed by atoms with Crippen molar-refractivity contribution in [3.8, 4) is 0 Å². The number of thioether (sulfide) groups is 1. The van der Waals surface area contributed by atoms with Gasteiger partial charge >= 0.3 is 0 Å². The van der Waals surface area contributed by atoms with Crippen LogP contribution in [0, 0.1) is 0 Å². The molecule has 3 heterocycles. The van der Waals surface area contributed by atoms with Crippen molar-refractivity contribution in [1.29, 1.82) is 0 Å². The predicted octanol–water partition coefficient (Wildman–Crippen LogP) is 1.79. The second kappa shape index (κ2) is 4.10. The molecule has 2 bridgehead atoms. The van der Waals surface area contributed by atoms with Gasteiger partial charge < -0.3 is 4.74 Å². The Bertz CT molecular complexity index is 461. The lowest BCUT2D eigenvalue weighted by Crippen LogP contribution is -2.53. The van der Waals surface area contributed by atoms with Crippen LogP contribution in [0.3, 0.4) is 0 Å². The maximum atomic E-state index is 12.7. The molecule has 0 aromatic rings. The van der Waals surface area contributed by atoms with Gasteiger partial charge in [0.05, 0.1) is 17.4 Å². The van der Waals surface area contributed by atoms with Crippen molar-refractivity contribution >= 4 is 37.7 Å². The largest absolute Gasteiger partial charge is 0.364 e. The van der Waals surface area contributed by atoms with E-state index in [1.165, 1.54) is 0 Å². The quantitative estimate of drug-likeness (QED) is 0.708. The van der Waals surface area contributed by atoms with Crippen LogP contribution in [-0.2, 0) is 14.8 Å². The number of sulfonamides is 1. The molecular weight excluding hydrogens is 338 g/mol. The van der Waals surface area contributed by atoms with E-state index in [4.69, 9.17) is 4.74 Å². The molecule has 4 nitrogen and oxygen atoms in total. The summed E-state index contributed by atoms with van der Waals surface area (Å²) < 4.78 is 32.8. The molecule has 3 aliphatic rings. The zero-order valence-electron chi connectivity index (χ0n) is 10.7. The third kappa shape index (κ3) is 1.67. The molecule has 5 atom stereocenters. The average Bonchev–Trinajstić information content (AvgIpc) is 2.79. The van der Waals surface area contributed by atoms with Gasteiger partial charge in [0.2, 0.25) is 10.0 Å². The number of hydrogen-bond acceptors (Lipinski definition) is 4. The molecule has 0 amide bonds. The summed E-state index contributed by atoms with van der Waals surface area (Å²) in [5.41, 5.74) is 0.102. The topological polar surface area (TPSA) is 46.6 Å². The number of ether oxygens (including phenoxy) is 1. The maximum absolute atomic E-state index is 12.7. The van der Waals surface area contributed by atoms with Crippen LogP contribution < -0.4 is 0 Å². The second-order valence-corrected chi connectivity index (χ2v) is 10.1. The SMILES string of the molecule is CC(C)(C)N1C2C(OCBr)C3CC(C2S3)S1(=O)=O. The van der Waals surface area contributed by atoms with Crippen LogP contribution in [0.25, 0.3) is 0 Å². The molecule has 0 spiro atoms. The van der Waals surface area contributed by atoms with E-state index in [2.05, 4.69) is 15.9 Å². The number of rotatable bonds is 2. The van der Waals surface area contributed by atoms with Gasteiger partial charge in [0, 0.05) is 16.0 Å². The van der Waals surface area contributed by atoms with Gasteiger partial charge in [-0.05, 0) is 27.2 Å². The molecular formula is C11H18BrNO3S2. The monoisotopic (exact) mass is 355 g/mol. The fourth-order valence-electron chi connectivity index (χ4n) is 3.61. The van der Waals surface area contributed by atoms with Crippen molar-refractivity contribution in [1.82, 2.24) is 4.31 Å². The van der Waals surface area contributed by atoms with Crippen molar-refractivity contribution in [3.05, 3.63) is 0 Å². The highest BCUT2D eigenvalue weighted by Crippen LogP contribution is 2.58. The van der Waals surface area contributed by atoms with E-state index in [-0.39, 0.29) is 28.2 Å². The van der Waals surface area contributed by atoms with E-state index in [9.17, 15) is 8.42 Å². The summed E-state index contributed by atoms with van der Waals surface area (Å²) in [7, 11) is -3.16. The van der Waals surface area contributed by atoms with Gasteiger partial charge in [-0.25, -0.2) is 8.42 Å². The Morgan fingerprint density at radius 2 is 2.11 bits per heavy atom. The number of halogens is 1. The molecule has 0 N–H and O–H groups in total. The molecule has 0 aromatic heterocycles. The first-order valence-electron chi connectivity index (χ1n) is 6.15. The summed E-state index contributed by atoms with van der Waals surface area (Å²) in [6.07, 6.45) is 0.783. The molecule has 7 heteroatoms. The van der Waals surface area contributed by atoms with E-state index in [0.29, 0.717) is 10.8 Å². The summed E-state index contributed by atoms with van der Waals surface area (Å²) in [6, 6.07) is 0.0151.